The predicted octanol–water partition coefficient (Wildman–Crippen LogP) is 0.994. The van der Waals surface area contributed by atoms with Gasteiger partial charge in [-0.05, 0) is 25.8 Å². The van der Waals surface area contributed by atoms with E-state index in [9.17, 15) is 4.39 Å². The van der Waals surface area contributed by atoms with Crippen LogP contribution in [-0.4, -0.2) is 37.0 Å². The summed E-state index contributed by atoms with van der Waals surface area (Å²) in [5.74, 6) is 0.485. The molecule has 4 heteroatoms. The molecule has 0 aromatic heterocycles. The Morgan fingerprint density at radius 2 is 2.38 bits per heavy atom. The minimum atomic E-state index is -0.249. The predicted molar refractivity (Wildman–Crippen MR) is 51.7 cm³/mol. The molecule has 0 aliphatic carbocycles. The van der Waals surface area contributed by atoms with E-state index >= 15 is 0 Å². The van der Waals surface area contributed by atoms with Crippen LogP contribution in [0, 0.1) is 11.3 Å². The Bertz CT molecular complexity index is 172. The number of hydrogen-bond acceptors (Lipinski definition) is 2. The fourth-order valence-corrected chi connectivity index (χ4v) is 1.80. The van der Waals surface area contributed by atoms with Crippen molar-refractivity contribution < 1.29 is 4.39 Å². The molecule has 0 spiro atoms. The Morgan fingerprint density at radius 3 is 3.00 bits per heavy atom. The summed E-state index contributed by atoms with van der Waals surface area (Å²) in [7, 11) is 0. The lowest BCUT2D eigenvalue weighted by Crippen LogP contribution is -2.41. The summed E-state index contributed by atoms with van der Waals surface area (Å²) in [4.78, 5) is 2.20. The van der Waals surface area contributed by atoms with Crippen LogP contribution in [0.5, 0.6) is 0 Å². The molecule has 0 aromatic rings. The van der Waals surface area contributed by atoms with Crippen molar-refractivity contribution in [2.24, 2.45) is 11.7 Å². The highest BCUT2D eigenvalue weighted by Crippen LogP contribution is 2.15. The Kier molecular flexibility index (Phi) is 4.15. The Morgan fingerprint density at radius 1 is 1.62 bits per heavy atom. The van der Waals surface area contributed by atoms with Crippen molar-refractivity contribution in [1.29, 1.82) is 5.41 Å². The Labute approximate surface area is 78.6 Å². The molecule has 3 N–H and O–H groups in total. The average Bonchev–Trinajstić information content (AvgIpc) is 2.15. The Balaban J connectivity index is 2.29. The van der Waals surface area contributed by atoms with E-state index in [0.29, 0.717) is 6.42 Å². The maximum absolute atomic E-state index is 11.9. The quantitative estimate of drug-likeness (QED) is 0.509. The normalized spacial score (nSPS) is 24.5. The zero-order valence-electron chi connectivity index (χ0n) is 7.93. The molecule has 0 bridgehead atoms. The van der Waals surface area contributed by atoms with Gasteiger partial charge in [0.2, 0.25) is 0 Å². The van der Waals surface area contributed by atoms with Gasteiger partial charge in [0.1, 0.15) is 0 Å². The lowest BCUT2D eigenvalue weighted by Gasteiger charge is -2.31. The second kappa shape index (κ2) is 5.17. The molecule has 1 aliphatic heterocycles. The monoisotopic (exact) mass is 187 g/mol. The fraction of sp³-hybridized carbons (Fsp3) is 0.889. The maximum Gasteiger partial charge on any atom is 0.0949 e. The molecule has 1 fully saturated rings. The van der Waals surface area contributed by atoms with Crippen LogP contribution in [0.15, 0.2) is 0 Å². The molecule has 1 unspecified atom stereocenters. The highest BCUT2D eigenvalue weighted by Gasteiger charge is 2.21. The topological polar surface area (TPSA) is 53.1 Å². The molecule has 3 nitrogen and oxygen atoms in total. The number of amidine groups is 1. The zero-order chi connectivity index (χ0) is 9.68. The molecule has 76 valence electrons. The van der Waals surface area contributed by atoms with Gasteiger partial charge in [-0.15, -0.1) is 0 Å². The van der Waals surface area contributed by atoms with Gasteiger partial charge in [0.05, 0.1) is 12.5 Å². The van der Waals surface area contributed by atoms with Crippen molar-refractivity contribution in [2.75, 3.05) is 26.3 Å². The first-order chi connectivity index (χ1) is 6.24. The second-order valence-corrected chi connectivity index (χ2v) is 3.64. The summed E-state index contributed by atoms with van der Waals surface area (Å²) < 4.78 is 11.9. The molecule has 1 atom stereocenters. The summed E-state index contributed by atoms with van der Waals surface area (Å²) in [6.07, 6.45) is 2.70. The summed E-state index contributed by atoms with van der Waals surface area (Å²) in [5.41, 5.74) is 5.44. The highest BCUT2D eigenvalue weighted by atomic mass is 19.1. The van der Waals surface area contributed by atoms with Crippen LogP contribution in [0.1, 0.15) is 19.3 Å². The molecule has 1 heterocycles. The maximum atomic E-state index is 11.9. The number of hydrogen-bond donors (Lipinski definition) is 2. The summed E-state index contributed by atoms with van der Waals surface area (Å²) >= 11 is 0. The molecule has 1 aliphatic rings. The first kappa shape index (κ1) is 10.4. The van der Waals surface area contributed by atoms with E-state index in [1.807, 2.05) is 0 Å². The van der Waals surface area contributed by atoms with Crippen LogP contribution in [0.25, 0.3) is 0 Å². The molecule has 1 saturated heterocycles. The average molecular weight is 187 g/mol. The molecule has 0 aromatic carbocycles. The number of alkyl halides is 1. The smallest absolute Gasteiger partial charge is 0.0949 e. The van der Waals surface area contributed by atoms with E-state index in [2.05, 4.69) is 4.90 Å². The summed E-state index contributed by atoms with van der Waals surface area (Å²) in [5, 5.41) is 7.33. The molecule has 1 rings (SSSR count). The second-order valence-electron chi connectivity index (χ2n) is 3.64. The van der Waals surface area contributed by atoms with Crippen molar-refractivity contribution >= 4 is 5.84 Å². The van der Waals surface area contributed by atoms with Crippen LogP contribution in [0.2, 0.25) is 0 Å². The van der Waals surface area contributed by atoms with E-state index < -0.39 is 0 Å². The zero-order valence-corrected chi connectivity index (χ0v) is 7.93. The number of likely N-dealkylation sites (tertiary alicyclic amines) is 1. The molecule has 0 saturated carbocycles. The largest absolute Gasteiger partial charge is 0.387 e. The number of halogens is 1. The van der Waals surface area contributed by atoms with E-state index in [1.165, 1.54) is 0 Å². The van der Waals surface area contributed by atoms with E-state index in [4.69, 9.17) is 11.1 Å². The third-order valence-corrected chi connectivity index (χ3v) is 2.55. The van der Waals surface area contributed by atoms with Gasteiger partial charge in [-0.25, -0.2) is 0 Å². The number of nitrogens with zero attached hydrogens (tertiary/aromatic N) is 1. The van der Waals surface area contributed by atoms with Crippen LogP contribution in [0.3, 0.4) is 0 Å². The number of nitrogens with one attached hydrogen (secondary N) is 1. The summed E-state index contributed by atoms with van der Waals surface area (Å²) in [6.45, 7) is 2.43. The van der Waals surface area contributed by atoms with Gasteiger partial charge in [-0.3, -0.25) is 9.80 Å². The molecule has 13 heavy (non-hydrogen) atoms. The number of nitrogens with two attached hydrogens (primary N) is 1. The van der Waals surface area contributed by atoms with Crippen LogP contribution < -0.4 is 5.73 Å². The summed E-state index contributed by atoms with van der Waals surface area (Å²) in [6, 6.07) is 0. The lowest BCUT2D eigenvalue weighted by atomic mass is 9.97. The SMILES string of the molecule is N=C(N)C1CCCN(CCCF)C1. The third-order valence-electron chi connectivity index (χ3n) is 2.55. The van der Waals surface area contributed by atoms with Crippen molar-refractivity contribution in [1.82, 2.24) is 4.90 Å². The van der Waals surface area contributed by atoms with Crippen molar-refractivity contribution in [3.05, 3.63) is 0 Å². The number of piperidine rings is 1. The molecular weight excluding hydrogens is 169 g/mol. The minimum absolute atomic E-state index is 0.202. The molecule has 0 amide bonds. The first-order valence-corrected chi connectivity index (χ1v) is 4.86. The van der Waals surface area contributed by atoms with Gasteiger partial charge in [-0.2, -0.15) is 0 Å². The van der Waals surface area contributed by atoms with E-state index in [-0.39, 0.29) is 18.4 Å². The van der Waals surface area contributed by atoms with Gasteiger partial charge in [0.25, 0.3) is 0 Å². The lowest BCUT2D eigenvalue weighted by molar-refractivity contribution is 0.196. The standard InChI is InChI=1S/C9H18FN3/c10-4-2-6-13-5-1-3-8(7-13)9(11)12/h8H,1-7H2,(H3,11,12). The van der Waals surface area contributed by atoms with Crippen LogP contribution in [0.4, 0.5) is 4.39 Å². The van der Waals surface area contributed by atoms with Gasteiger partial charge in [0, 0.05) is 19.0 Å². The van der Waals surface area contributed by atoms with E-state index in [1.54, 1.807) is 0 Å². The van der Waals surface area contributed by atoms with Crippen LogP contribution >= 0.6 is 0 Å². The van der Waals surface area contributed by atoms with Gasteiger partial charge in [-0.1, -0.05) is 0 Å². The van der Waals surface area contributed by atoms with Crippen LogP contribution in [-0.2, 0) is 0 Å². The fourth-order valence-electron chi connectivity index (χ4n) is 1.80. The molecule has 0 radical (unpaired) electrons. The minimum Gasteiger partial charge on any atom is -0.387 e. The van der Waals surface area contributed by atoms with Gasteiger partial charge >= 0.3 is 0 Å². The number of rotatable bonds is 4. The first-order valence-electron chi connectivity index (χ1n) is 4.86. The Hall–Kier alpha value is -0.640. The third kappa shape index (κ3) is 3.30. The van der Waals surface area contributed by atoms with Gasteiger partial charge in [0.15, 0.2) is 0 Å². The molecular formula is C9H18FN3. The highest BCUT2D eigenvalue weighted by molar-refractivity contribution is 5.79. The van der Waals surface area contributed by atoms with Gasteiger partial charge < -0.3 is 10.6 Å². The van der Waals surface area contributed by atoms with Crippen molar-refractivity contribution in [3.63, 3.8) is 0 Å². The van der Waals surface area contributed by atoms with Crippen molar-refractivity contribution in [2.45, 2.75) is 19.3 Å². The van der Waals surface area contributed by atoms with E-state index in [0.717, 1.165) is 32.5 Å². The van der Waals surface area contributed by atoms with Crippen molar-refractivity contribution in [3.8, 4) is 0 Å².